The average Bonchev–Trinajstić information content (AvgIpc) is 2.85. The monoisotopic (exact) mass is 309 g/mol. The van der Waals surface area contributed by atoms with Crippen LogP contribution in [0.3, 0.4) is 0 Å². The summed E-state index contributed by atoms with van der Waals surface area (Å²) in [5.74, 6) is 1.44. The van der Waals surface area contributed by atoms with Crippen LogP contribution in [0.1, 0.15) is 30.0 Å². The van der Waals surface area contributed by atoms with Crippen LogP contribution in [0.15, 0.2) is 45.3 Å². The van der Waals surface area contributed by atoms with Crippen molar-refractivity contribution >= 4 is 15.9 Å². The first-order chi connectivity index (χ1) is 8.69. The quantitative estimate of drug-likeness (QED) is 0.890. The van der Waals surface area contributed by atoms with E-state index in [2.05, 4.69) is 40.3 Å². The molecule has 3 nitrogen and oxygen atoms in total. The lowest BCUT2D eigenvalue weighted by Crippen LogP contribution is -2.17. The van der Waals surface area contributed by atoms with Gasteiger partial charge in [0.2, 0.25) is 0 Å². The predicted octanol–water partition coefficient (Wildman–Crippen LogP) is 3.39. The number of nitrogens with one attached hydrogen (secondary N) is 1. The smallest absolute Gasteiger partial charge is 0.129 e. The second-order valence-corrected chi connectivity index (χ2v) is 5.10. The van der Waals surface area contributed by atoms with Crippen molar-refractivity contribution in [2.75, 3.05) is 0 Å². The van der Waals surface area contributed by atoms with Gasteiger partial charge in [0.25, 0.3) is 0 Å². The van der Waals surface area contributed by atoms with E-state index in [0.717, 1.165) is 10.2 Å². The van der Waals surface area contributed by atoms with Crippen LogP contribution in [0.4, 0.5) is 0 Å². The maximum absolute atomic E-state index is 8.91. The molecule has 96 valence electrons. The molecule has 1 atom stereocenters. The SMILES string of the molecule is CC(NCc1ccc(CO)o1)c1ccc(Br)cc1. The van der Waals surface area contributed by atoms with Crippen molar-refractivity contribution in [3.05, 3.63) is 58.0 Å². The summed E-state index contributed by atoms with van der Waals surface area (Å²) in [6, 6.07) is 12.2. The van der Waals surface area contributed by atoms with Crippen LogP contribution in [0.2, 0.25) is 0 Å². The molecular formula is C14H16BrNO2. The Labute approximate surface area is 115 Å². The third kappa shape index (κ3) is 3.45. The lowest BCUT2D eigenvalue weighted by Gasteiger charge is -2.13. The number of aliphatic hydroxyl groups excluding tert-OH is 1. The van der Waals surface area contributed by atoms with E-state index in [1.165, 1.54) is 5.56 Å². The number of hydrogen-bond acceptors (Lipinski definition) is 3. The standard InChI is InChI=1S/C14H16BrNO2/c1-10(11-2-4-12(15)5-3-11)16-8-13-6-7-14(9-17)18-13/h2-7,10,16-17H,8-9H2,1H3. The van der Waals surface area contributed by atoms with Gasteiger partial charge in [-0.15, -0.1) is 0 Å². The van der Waals surface area contributed by atoms with Crippen LogP contribution >= 0.6 is 15.9 Å². The Bertz CT molecular complexity index is 493. The van der Waals surface area contributed by atoms with Gasteiger partial charge in [-0.2, -0.15) is 0 Å². The fourth-order valence-electron chi connectivity index (χ4n) is 1.73. The number of hydrogen-bond donors (Lipinski definition) is 2. The van der Waals surface area contributed by atoms with Gasteiger partial charge >= 0.3 is 0 Å². The third-order valence-corrected chi connectivity index (χ3v) is 3.35. The predicted molar refractivity (Wildman–Crippen MR) is 74.0 cm³/mol. The molecule has 0 bridgehead atoms. The molecule has 2 aromatic rings. The van der Waals surface area contributed by atoms with E-state index >= 15 is 0 Å². The normalized spacial score (nSPS) is 12.6. The molecule has 0 aliphatic rings. The van der Waals surface area contributed by atoms with E-state index in [4.69, 9.17) is 9.52 Å². The summed E-state index contributed by atoms with van der Waals surface area (Å²) in [5.41, 5.74) is 1.23. The van der Waals surface area contributed by atoms with Gasteiger partial charge in [-0.3, -0.25) is 0 Å². The molecular weight excluding hydrogens is 294 g/mol. The maximum Gasteiger partial charge on any atom is 0.129 e. The maximum atomic E-state index is 8.91. The Morgan fingerprint density at radius 3 is 2.44 bits per heavy atom. The summed E-state index contributed by atoms with van der Waals surface area (Å²) in [4.78, 5) is 0. The molecule has 18 heavy (non-hydrogen) atoms. The molecule has 0 spiro atoms. The summed E-state index contributed by atoms with van der Waals surface area (Å²) < 4.78 is 6.50. The lowest BCUT2D eigenvalue weighted by molar-refractivity contribution is 0.242. The summed E-state index contributed by atoms with van der Waals surface area (Å²) in [6.07, 6.45) is 0. The van der Waals surface area contributed by atoms with Crippen LogP contribution in [-0.2, 0) is 13.2 Å². The lowest BCUT2D eigenvalue weighted by atomic mass is 10.1. The minimum absolute atomic E-state index is 0.0533. The Morgan fingerprint density at radius 2 is 1.83 bits per heavy atom. The molecule has 1 aromatic heterocycles. The summed E-state index contributed by atoms with van der Waals surface area (Å²) in [6.45, 7) is 2.71. The van der Waals surface area contributed by atoms with Crippen LogP contribution in [-0.4, -0.2) is 5.11 Å². The zero-order valence-corrected chi connectivity index (χ0v) is 11.8. The van der Waals surface area contributed by atoms with Crippen LogP contribution < -0.4 is 5.32 Å². The first-order valence-electron chi connectivity index (χ1n) is 5.86. The fourth-order valence-corrected chi connectivity index (χ4v) is 1.99. The highest BCUT2D eigenvalue weighted by Crippen LogP contribution is 2.17. The number of aliphatic hydroxyl groups is 1. The number of furan rings is 1. The summed E-state index contributed by atoms with van der Waals surface area (Å²) in [7, 11) is 0. The van der Waals surface area contributed by atoms with Crippen molar-refractivity contribution in [2.45, 2.75) is 26.1 Å². The van der Waals surface area contributed by atoms with Gasteiger partial charge in [0.05, 0.1) is 6.54 Å². The molecule has 0 aliphatic heterocycles. The van der Waals surface area contributed by atoms with Gasteiger partial charge in [-0.1, -0.05) is 28.1 Å². The topological polar surface area (TPSA) is 45.4 Å². The Morgan fingerprint density at radius 1 is 1.17 bits per heavy atom. The highest BCUT2D eigenvalue weighted by Gasteiger charge is 2.06. The second-order valence-electron chi connectivity index (χ2n) is 4.18. The highest BCUT2D eigenvalue weighted by atomic mass is 79.9. The zero-order valence-electron chi connectivity index (χ0n) is 10.2. The Kier molecular flexibility index (Phi) is 4.58. The second kappa shape index (κ2) is 6.18. The Hall–Kier alpha value is -1.10. The van der Waals surface area contributed by atoms with Crippen molar-refractivity contribution in [3.63, 3.8) is 0 Å². The zero-order chi connectivity index (χ0) is 13.0. The molecule has 1 unspecified atom stereocenters. The van der Waals surface area contributed by atoms with Crippen LogP contribution in [0, 0.1) is 0 Å². The van der Waals surface area contributed by atoms with E-state index in [9.17, 15) is 0 Å². The molecule has 2 N–H and O–H groups in total. The van der Waals surface area contributed by atoms with Crippen molar-refractivity contribution in [2.24, 2.45) is 0 Å². The van der Waals surface area contributed by atoms with E-state index in [0.29, 0.717) is 12.3 Å². The minimum Gasteiger partial charge on any atom is -0.462 e. The highest BCUT2D eigenvalue weighted by molar-refractivity contribution is 9.10. The first-order valence-corrected chi connectivity index (χ1v) is 6.65. The molecule has 0 saturated carbocycles. The van der Waals surface area contributed by atoms with Gasteiger partial charge in [0.1, 0.15) is 18.1 Å². The molecule has 0 amide bonds. The van der Waals surface area contributed by atoms with E-state index in [-0.39, 0.29) is 12.6 Å². The van der Waals surface area contributed by atoms with Gasteiger partial charge in [-0.25, -0.2) is 0 Å². The molecule has 0 fully saturated rings. The molecule has 1 aromatic carbocycles. The van der Waals surface area contributed by atoms with Crippen molar-refractivity contribution in [1.82, 2.24) is 5.32 Å². The molecule has 0 radical (unpaired) electrons. The van der Waals surface area contributed by atoms with Gasteiger partial charge < -0.3 is 14.8 Å². The van der Waals surface area contributed by atoms with E-state index < -0.39 is 0 Å². The van der Waals surface area contributed by atoms with Gasteiger partial charge in [0.15, 0.2) is 0 Å². The number of benzene rings is 1. The third-order valence-electron chi connectivity index (χ3n) is 2.83. The van der Waals surface area contributed by atoms with E-state index in [1.807, 2.05) is 18.2 Å². The fraction of sp³-hybridized carbons (Fsp3) is 0.286. The van der Waals surface area contributed by atoms with Gasteiger partial charge in [-0.05, 0) is 36.8 Å². The number of rotatable bonds is 5. The van der Waals surface area contributed by atoms with Gasteiger partial charge in [0, 0.05) is 10.5 Å². The minimum atomic E-state index is -0.0533. The van der Waals surface area contributed by atoms with Crippen molar-refractivity contribution < 1.29 is 9.52 Å². The average molecular weight is 310 g/mol. The first kappa shape index (κ1) is 13.3. The number of halogens is 1. The Balaban J connectivity index is 1.91. The molecule has 4 heteroatoms. The summed E-state index contributed by atoms with van der Waals surface area (Å²) in [5, 5.41) is 12.3. The molecule has 2 rings (SSSR count). The van der Waals surface area contributed by atoms with Crippen molar-refractivity contribution in [3.8, 4) is 0 Å². The molecule has 0 saturated heterocycles. The van der Waals surface area contributed by atoms with Crippen LogP contribution in [0.25, 0.3) is 0 Å². The molecule has 1 heterocycles. The van der Waals surface area contributed by atoms with Crippen molar-refractivity contribution in [1.29, 1.82) is 0 Å². The largest absolute Gasteiger partial charge is 0.462 e. The van der Waals surface area contributed by atoms with Crippen LogP contribution in [0.5, 0.6) is 0 Å². The van der Waals surface area contributed by atoms with E-state index in [1.54, 1.807) is 6.07 Å². The molecule has 0 aliphatic carbocycles. The summed E-state index contributed by atoms with van der Waals surface area (Å²) >= 11 is 3.42.